The molecular formula is C21H26O9P+. The molecule has 0 heterocycles. The van der Waals surface area contributed by atoms with Crippen molar-refractivity contribution in [2.24, 2.45) is 0 Å². The lowest BCUT2D eigenvalue weighted by Crippen LogP contribution is -2.26. The van der Waals surface area contributed by atoms with E-state index in [2.05, 4.69) is 0 Å². The number of ether oxygens (including phenoxy) is 4. The van der Waals surface area contributed by atoms with Crippen LogP contribution in [-0.4, -0.2) is 53.4 Å². The first kappa shape index (κ1) is 26.0. The van der Waals surface area contributed by atoms with Crippen molar-refractivity contribution in [1.82, 2.24) is 0 Å². The standard InChI is InChI=1S/C21H24O8.H2OP/c1-24-10-11-28-29-21(23)18(14-8-6-5-7-9-14)20(22)19-16(26-3)12-15(25-2)13-17(19)27-4;1-2/h5-9,12-13,18H,10-11H2,1-4H3;2H2/q;+1. The SMILES string of the molecule is COCCOOC(=O)C(C(=O)c1c(OC)cc(OC)cc1OC)c1ccccc1.O=[PH2+]. The Labute approximate surface area is 182 Å². The highest BCUT2D eigenvalue weighted by molar-refractivity contribution is 7.00. The number of benzene rings is 2. The van der Waals surface area contributed by atoms with Gasteiger partial charge in [0, 0.05) is 19.2 Å². The van der Waals surface area contributed by atoms with Gasteiger partial charge < -0.3 is 18.9 Å². The van der Waals surface area contributed by atoms with E-state index in [4.69, 9.17) is 33.3 Å². The number of carbonyl (C=O) groups excluding carboxylic acids is 2. The number of methoxy groups -OCH3 is 4. The zero-order valence-electron chi connectivity index (χ0n) is 17.8. The summed E-state index contributed by atoms with van der Waals surface area (Å²) in [4.78, 5) is 35.9. The predicted molar refractivity (Wildman–Crippen MR) is 114 cm³/mol. The first-order chi connectivity index (χ1) is 15.1. The van der Waals surface area contributed by atoms with Crippen molar-refractivity contribution in [2.45, 2.75) is 5.92 Å². The van der Waals surface area contributed by atoms with Gasteiger partial charge in [0.1, 0.15) is 35.3 Å². The lowest BCUT2D eigenvalue weighted by Gasteiger charge is -2.19. The number of carbonyl (C=O) groups is 2. The number of hydrogen-bond acceptors (Lipinski definition) is 9. The molecule has 9 nitrogen and oxygen atoms in total. The largest absolute Gasteiger partial charge is 0.496 e. The monoisotopic (exact) mass is 453 g/mol. The summed E-state index contributed by atoms with van der Waals surface area (Å²) in [7, 11) is 6.96. The zero-order chi connectivity index (χ0) is 23.2. The molecular weight excluding hydrogens is 427 g/mol. The first-order valence-electron chi connectivity index (χ1n) is 9.02. The summed E-state index contributed by atoms with van der Waals surface area (Å²) in [6.45, 7) is 0.268. The maximum absolute atomic E-state index is 13.5. The number of hydrogen-bond donors (Lipinski definition) is 0. The van der Waals surface area contributed by atoms with Crippen molar-refractivity contribution in [3.8, 4) is 17.2 Å². The molecule has 0 bridgehead atoms. The van der Waals surface area contributed by atoms with Gasteiger partial charge in [0.15, 0.2) is 5.78 Å². The molecule has 2 aromatic rings. The van der Waals surface area contributed by atoms with Crippen LogP contribution in [0.3, 0.4) is 0 Å². The van der Waals surface area contributed by atoms with Gasteiger partial charge in [-0.05, 0) is 5.56 Å². The van der Waals surface area contributed by atoms with Crippen LogP contribution in [0.5, 0.6) is 17.2 Å². The van der Waals surface area contributed by atoms with E-state index in [0.717, 1.165) is 0 Å². The van der Waals surface area contributed by atoms with E-state index in [1.807, 2.05) is 0 Å². The van der Waals surface area contributed by atoms with E-state index in [9.17, 15) is 9.59 Å². The van der Waals surface area contributed by atoms with E-state index in [1.54, 1.807) is 30.3 Å². The fraction of sp³-hybridized carbons (Fsp3) is 0.333. The van der Waals surface area contributed by atoms with E-state index in [-0.39, 0.29) is 30.3 Å². The number of ketones is 1. The van der Waals surface area contributed by atoms with Gasteiger partial charge in [-0.25, -0.2) is 4.79 Å². The van der Waals surface area contributed by atoms with E-state index >= 15 is 0 Å². The Balaban J connectivity index is 0.00000233. The summed E-state index contributed by atoms with van der Waals surface area (Å²) >= 11 is 0. The van der Waals surface area contributed by atoms with Crippen LogP contribution in [0, 0.1) is 0 Å². The molecule has 31 heavy (non-hydrogen) atoms. The number of rotatable bonds is 11. The molecule has 0 amide bonds. The zero-order valence-corrected chi connectivity index (χ0v) is 18.9. The number of Topliss-reactive ketones (excluding diaryl/α,β-unsaturated/α-hetero) is 1. The van der Waals surface area contributed by atoms with Crippen LogP contribution >= 0.6 is 9.12 Å². The van der Waals surface area contributed by atoms with Crippen LogP contribution in [0.4, 0.5) is 0 Å². The minimum absolute atomic E-state index is 0.0348. The van der Waals surface area contributed by atoms with Gasteiger partial charge in [0.25, 0.3) is 0 Å². The molecule has 0 saturated heterocycles. The molecule has 2 atom stereocenters. The third kappa shape index (κ3) is 7.03. The Hall–Kier alpha value is -3.00. The van der Waals surface area contributed by atoms with Crippen molar-refractivity contribution in [3.05, 3.63) is 53.6 Å². The molecule has 0 N–H and O–H groups in total. The van der Waals surface area contributed by atoms with Gasteiger partial charge in [-0.15, -0.1) is 0 Å². The van der Waals surface area contributed by atoms with E-state index in [0.29, 0.717) is 11.3 Å². The second-order valence-corrected chi connectivity index (χ2v) is 5.83. The van der Waals surface area contributed by atoms with E-state index < -0.39 is 17.7 Å². The van der Waals surface area contributed by atoms with Crippen LogP contribution in [0.15, 0.2) is 42.5 Å². The average Bonchev–Trinajstić information content (AvgIpc) is 2.82. The highest BCUT2D eigenvalue weighted by Crippen LogP contribution is 2.37. The van der Waals surface area contributed by atoms with Crippen LogP contribution in [0.2, 0.25) is 0 Å². The summed E-state index contributed by atoms with van der Waals surface area (Å²) in [5.41, 5.74) is 0.538. The van der Waals surface area contributed by atoms with Crippen LogP contribution in [0.1, 0.15) is 21.8 Å². The van der Waals surface area contributed by atoms with Crippen molar-refractivity contribution >= 4 is 20.9 Å². The second kappa shape index (κ2) is 14.1. The fourth-order valence-electron chi connectivity index (χ4n) is 2.70. The lowest BCUT2D eigenvalue weighted by atomic mass is 9.89. The predicted octanol–water partition coefficient (Wildman–Crippen LogP) is 3.01. The van der Waals surface area contributed by atoms with Gasteiger partial charge in [-0.3, -0.25) is 9.68 Å². The summed E-state index contributed by atoms with van der Waals surface area (Å²) < 4.78 is 28.9. The molecule has 0 spiro atoms. The van der Waals surface area contributed by atoms with Crippen molar-refractivity contribution in [3.63, 3.8) is 0 Å². The van der Waals surface area contributed by atoms with Crippen molar-refractivity contribution < 1.29 is 42.9 Å². The molecule has 0 aliphatic heterocycles. The Morgan fingerprint density at radius 3 is 1.94 bits per heavy atom. The van der Waals surface area contributed by atoms with Crippen LogP contribution in [-0.2, 0) is 23.9 Å². The van der Waals surface area contributed by atoms with E-state index in [1.165, 1.54) is 49.7 Å². The molecule has 2 rings (SSSR count). The minimum atomic E-state index is -1.28. The average molecular weight is 453 g/mol. The summed E-state index contributed by atoms with van der Waals surface area (Å²) in [5, 5.41) is 0. The Morgan fingerprint density at radius 1 is 0.871 bits per heavy atom. The molecule has 0 aromatic heterocycles. The van der Waals surface area contributed by atoms with Gasteiger partial charge in [0.2, 0.25) is 0 Å². The van der Waals surface area contributed by atoms with Crippen molar-refractivity contribution in [2.75, 3.05) is 41.7 Å². The van der Waals surface area contributed by atoms with Gasteiger partial charge in [0.05, 0.1) is 27.9 Å². The molecule has 0 radical (unpaired) electrons. The summed E-state index contributed by atoms with van der Waals surface area (Å²) in [6, 6.07) is 11.6. The summed E-state index contributed by atoms with van der Waals surface area (Å²) in [5.74, 6) is -1.85. The van der Waals surface area contributed by atoms with Gasteiger partial charge in [-0.1, -0.05) is 34.9 Å². The molecule has 0 fully saturated rings. The summed E-state index contributed by atoms with van der Waals surface area (Å²) in [6.07, 6.45) is 0. The minimum Gasteiger partial charge on any atom is -0.496 e. The van der Waals surface area contributed by atoms with Crippen molar-refractivity contribution in [1.29, 1.82) is 0 Å². The van der Waals surface area contributed by atoms with Gasteiger partial charge in [-0.2, -0.15) is 4.89 Å². The topological polar surface area (TPSA) is 107 Å². The second-order valence-electron chi connectivity index (χ2n) is 5.83. The highest BCUT2D eigenvalue weighted by Gasteiger charge is 2.35. The normalized spacial score (nSPS) is 10.8. The quantitative estimate of drug-likeness (QED) is 0.127. The molecule has 2 aromatic carbocycles. The molecule has 2 unspecified atom stereocenters. The molecule has 168 valence electrons. The Morgan fingerprint density at radius 2 is 1.45 bits per heavy atom. The maximum Gasteiger partial charge on any atom is 0.357 e. The lowest BCUT2D eigenvalue weighted by molar-refractivity contribution is -0.276. The van der Waals surface area contributed by atoms with Gasteiger partial charge >= 0.3 is 15.1 Å². The Bertz CT molecular complexity index is 817. The fourth-order valence-corrected chi connectivity index (χ4v) is 2.70. The molecule has 0 aliphatic carbocycles. The highest BCUT2D eigenvalue weighted by atomic mass is 31.0. The first-order valence-corrected chi connectivity index (χ1v) is 9.49. The third-order valence-electron chi connectivity index (χ3n) is 4.10. The van der Waals surface area contributed by atoms with Crippen LogP contribution in [0.25, 0.3) is 0 Å². The van der Waals surface area contributed by atoms with Crippen LogP contribution < -0.4 is 14.2 Å². The maximum atomic E-state index is 13.5. The smallest absolute Gasteiger partial charge is 0.357 e. The molecule has 10 heteroatoms. The Kier molecular flexibility index (Phi) is 11.8. The molecule has 0 aliphatic rings. The molecule has 0 saturated carbocycles. The third-order valence-corrected chi connectivity index (χ3v) is 4.10.